The molecule has 0 radical (unpaired) electrons. The number of carbonyl (C=O) groups is 1. The van der Waals surface area contributed by atoms with Crippen molar-refractivity contribution in [3.8, 4) is 0 Å². The molecule has 21 heavy (non-hydrogen) atoms. The van der Waals surface area contributed by atoms with Crippen LogP contribution in [0.5, 0.6) is 0 Å². The van der Waals surface area contributed by atoms with Gasteiger partial charge in [0.2, 0.25) is 0 Å². The second-order valence-electron chi connectivity index (χ2n) is 6.23. The van der Waals surface area contributed by atoms with E-state index in [1.807, 2.05) is 18.0 Å². The molecule has 1 unspecified atom stereocenters. The molecule has 3 heterocycles. The number of hydrogen-bond acceptors (Lipinski definition) is 3. The first-order chi connectivity index (χ1) is 10.2. The minimum atomic E-state index is -0.000237. The van der Waals surface area contributed by atoms with Crippen LogP contribution in [-0.4, -0.2) is 58.3 Å². The van der Waals surface area contributed by atoms with Crippen molar-refractivity contribution in [2.45, 2.75) is 25.7 Å². The van der Waals surface area contributed by atoms with Crippen molar-refractivity contribution in [1.82, 2.24) is 19.6 Å². The molecule has 6 nitrogen and oxygen atoms in total. The lowest BCUT2D eigenvalue weighted by atomic mass is 10.1. The molecule has 0 bridgehead atoms. The summed E-state index contributed by atoms with van der Waals surface area (Å²) in [7, 11) is 1.83. The van der Waals surface area contributed by atoms with Crippen LogP contribution in [0.1, 0.15) is 25.7 Å². The average molecular weight is 291 g/mol. The first-order valence-corrected chi connectivity index (χ1v) is 7.98. The Morgan fingerprint density at radius 1 is 1.33 bits per heavy atom. The standard InChI is InChI=1S/C15H25N5O/c1-18-14(5-7-16-18)17-15(21)20-10-6-13(12-20)11-19-8-3-2-4-9-19/h5,7,13H,2-4,6,8-12H2,1H3,(H,17,21). The Balaban J connectivity index is 1.47. The number of likely N-dealkylation sites (tertiary alicyclic amines) is 2. The molecule has 6 heteroatoms. The van der Waals surface area contributed by atoms with Crippen molar-refractivity contribution in [1.29, 1.82) is 0 Å². The number of nitrogens with one attached hydrogen (secondary N) is 1. The summed E-state index contributed by atoms with van der Waals surface area (Å²) >= 11 is 0. The van der Waals surface area contributed by atoms with Gasteiger partial charge in [-0.3, -0.25) is 10.00 Å². The molecule has 0 aliphatic carbocycles. The van der Waals surface area contributed by atoms with Crippen molar-refractivity contribution in [3.63, 3.8) is 0 Å². The monoisotopic (exact) mass is 291 g/mol. The third-order valence-corrected chi connectivity index (χ3v) is 4.59. The molecule has 0 spiro atoms. The average Bonchev–Trinajstić information content (AvgIpc) is 3.10. The lowest BCUT2D eigenvalue weighted by molar-refractivity contribution is 0.192. The van der Waals surface area contributed by atoms with Gasteiger partial charge >= 0.3 is 6.03 Å². The van der Waals surface area contributed by atoms with E-state index in [4.69, 9.17) is 0 Å². The summed E-state index contributed by atoms with van der Waals surface area (Å²) in [6.45, 7) is 5.35. The second kappa shape index (κ2) is 6.47. The number of urea groups is 1. The van der Waals surface area contributed by atoms with E-state index in [2.05, 4.69) is 15.3 Å². The van der Waals surface area contributed by atoms with Crippen LogP contribution in [0.2, 0.25) is 0 Å². The largest absolute Gasteiger partial charge is 0.324 e. The van der Waals surface area contributed by atoms with Gasteiger partial charge in [-0.25, -0.2) is 4.79 Å². The Kier molecular flexibility index (Phi) is 4.43. The zero-order chi connectivity index (χ0) is 14.7. The lowest BCUT2D eigenvalue weighted by Gasteiger charge is -2.29. The maximum atomic E-state index is 12.3. The fraction of sp³-hybridized carbons (Fsp3) is 0.733. The van der Waals surface area contributed by atoms with Crippen LogP contribution in [0, 0.1) is 5.92 Å². The molecular weight excluding hydrogens is 266 g/mol. The van der Waals surface area contributed by atoms with Crippen LogP contribution >= 0.6 is 0 Å². The molecule has 0 aromatic carbocycles. The Morgan fingerprint density at radius 2 is 2.14 bits per heavy atom. The number of aryl methyl sites for hydroxylation is 1. The molecule has 2 fully saturated rings. The van der Waals surface area contributed by atoms with Gasteiger partial charge in [0.1, 0.15) is 5.82 Å². The van der Waals surface area contributed by atoms with Crippen LogP contribution in [0.3, 0.4) is 0 Å². The van der Waals surface area contributed by atoms with Gasteiger partial charge in [-0.05, 0) is 38.3 Å². The summed E-state index contributed by atoms with van der Waals surface area (Å²) in [5, 5.41) is 7.00. The van der Waals surface area contributed by atoms with Crippen LogP contribution in [0.25, 0.3) is 0 Å². The molecule has 116 valence electrons. The number of rotatable bonds is 3. The van der Waals surface area contributed by atoms with Gasteiger partial charge in [-0.1, -0.05) is 6.42 Å². The molecular formula is C15H25N5O. The zero-order valence-electron chi connectivity index (χ0n) is 12.8. The SMILES string of the molecule is Cn1nccc1NC(=O)N1CCC(CN2CCCCC2)C1. The highest BCUT2D eigenvalue weighted by atomic mass is 16.2. The number of carbonyl (C=O) groups excluding carboxylic acids is 1. The van der Waals surface area contributed by atoms with Gasteiger partial charge in [0.25, 0.3) is 0 Å². The Morgan fingerprint density at radius 3 is 2.86 bits per heavy atom. The topological polar surface area (TPSA) is 53.4 Å². The summed E-state index contributed by atoms with van der Waals surface area (Å²) in [5.74, 6) is 1.37. The summed E-state index contributed by atoms with van der Waals surface area (Å²) in [6.07, 6.45) is 6.85. The molecule has 1 aromatic rings. The van der Waals surface area contributed by atoms with E-state index in [9.17, 15) is 4.79 Å². The van der Waals surface area contributed by atoms with Gasteiger partial charge in [0.15, 0.2) is 0 Å². The fourth-order valence-electron chi connectivity index (χ4n) is 3.36. The number of anilines is 1. The minimum absolute atomic E-state index is 0.000237. The van der Waals surface area contributed by atoms with Crippen LogP contribution in [0.15, 0.2) is 12.3 Å². The molecule has 2 saturated heterocycles. The predicted molar refractivity (Wildman–Crippen MR) is 82.2 cm³/mol. The van der Waals surface area contributed by atoms with Gasteiger partial charge in [-0.2, -0.15) is 5.10 Å². The number of nitrogens with zero attached hydrogens (tertiary/aromatic N) is 4. The van der Waals surface area contributed by atoms with Gasteiger partial charge < -0.3 is 9.80 Å². The zero-order valence-corrected chi connectivity index (χ0v) is 12.8. The van der Waals surface area contributed by atoms with Crippen LogP contribution in [0.4, 0.5) is 10.6 Å². The number of amides is 2. The molecule has 2 aliphatic rings. The number of aromatic nitrogens is 2. The van der Waals surface area contributed by atoms with Crippen LogP contribution < -0.4 is 5.32 Å². The Labute approximate surface area is 126 Å². The third-order valence-electron chi connectivity index (χ3n) is 4.59. The smallest absolute Gasteiger partial charge is 0.323 e. The lowest BCUT2D eigenvalue weighted by Crippen LogP contribution is -2.37. The molecule has 3 rings (SSSR count). The Hall–Kier alpha value is -1.56. The minimum Gasteiger partial charge on any atom is -0.324 e. The Bertz CT molecular complexity index is 480. The van der Waals surface area contributed by atoms with Gasteiger partial charge in [0, 0.05) is 32.7 Å². The predicted octanol–water partition coefficient (Wildman–Crippen LogP) is 1.76. The molecule has 1 aromatic heterocycles. The summed E-state index contributed by atoms with van der Waals surface area (Å²) in [6, 6.07) is 1.82. The van der Waals surface area contributed by atoms with E-state index in [1.54, 1.807) is 10.9 Å². The first kappa shape index (κ1) is 14.4. The van der Waals surface area contributed by atoms with E-state index in [0.717, 1.165) is 31.9 Å². The van der Waals surface area contributed by atoms with Crippen LogP contribution in [-0.2, 0) is 7.05 Å². The molecule has 0 saturated carbocycles. The normalized spacial score (nSPS) is 23.5. The van der Waals surface area contributed by atoms with Crippen molar-refractivity contribution in [2.24, 2.45) is 13.0 Å². The first-order valence-electron chi connectivity index (χ1n) is 7.98. The number of piperidine rings is 1. The maximum Gasteiger partial charge on any atom is 0.323 e. The molecule has 1 N–H and O–H groups in total. The van der Waals surface area contributed by atoms with E-state index in [1.165, 1.54) is 32.4 Å². The van der Waals surface area contributed by atoms with Crippen molar-refractivity contribution in [2.75, 3.05) is 38.0 Å². The second-order valence-corrected chi connectivity index (χ2v) is 6.23. The van der Waals surface area contributed by atoms with E-state index >= 15 is 0 Å². The maximum absolute atomic E-state index is 12.3. The van der Waals surface area contributed by atoms with Crippen molar-refractivity contribution < 1.29 is 4.79 Å². The summed E-state index contributed by atoms with van der Waals surface area (Å²) < 4.78 is 1.68. The highest BCUT2D eigenvalue weighted by Crippen LogP contribution is 2.20. The summed E-state index contributed by atoms with van der Waals surface area (Å²) in [5.41, 5.74) is 0. The summed E-state index contributed by atoms with van der Waals surface area (Å²) in [4.78, 5) is 16.8. The van der Waals surface area contributed by atoms with Gasteiger partial charge in [-0.15, -0.1) is 0 Å². The molecule has 2 amide bonds. The number of hydrogen-bond donors (Lipinski definition) is 1. The van der Waals surface area contributed by atoms with E-state index < -0.39 is 0 Å². The highest BCUT2D eigenvalue weighted by Gasteiger charge is 2.28. The van der Waals surface area contributed by atoms with Crippen molar-refractivity contribution >= 4 is 11.8 Å². The van der Waals surface area contributed by atoms with Gasteiger partial charge in [0.05, 0.1) is 6.20 Å². The third kappa shape index (κ3) is 3.56. The fourth-order valence-corrected chi connectivity index (χ4v) is 3.36. The van der Waals surface area contributed by atoms with Crippen molar-refractivity contribution in [3.05, 3.63) is 12.3 Å². The van der Waals surface area contributed by atoms with E-state index in [0.29, 0.717) is 5.92 Å². The highest BCUT2D eigenvalue weighted by molar-refractivity contribution is 5.88. The molecule has 1 atom stereocenters. The quantitative estimate of drug-likeness (QED) is 0.923. The molecule has 2 aliphatic heterocycles. The van der Waals surface area contributed by atoms with E-state index in [-0.39, 0.29) is 6.03 Å².